The first-order valence-corrected chi connectivity index (χ1v) is 7.47. The van der Waals surface area contributed by atoms with E-state index in [1.165, 1.54) is 12.1 Å². The van der Waals surface area contributed by atoms with Crippen molar-refractivity contribution in [3.05, 3.63) is 30.1 Å². The highest BCUT2D eigenvalue weighted by Crippen LogP contribution is 2.21. The number of hydrogen-bond acceptors (Lipinski definition) is 3. The molecule has 5 heteroatoms. The van der Waals surface area contributed by atoms with Gasteiger partial charge < -0.3 is 15.4 Å². The summed E-state index contributed by atoms with van der Waals surface area (Å²) in [5.74, 6) is -0.0925. The molecule has 1 saturated heterocycles. The molecule has 1 aliphatic rings. The van der Waals surface area contributed by atoms with Crippen molar-refractivity contribution in [3.8, 4) is 5.75 Å². The van der Waals surface area contributed by atoms with Crippen LogP contribution in [0.3, 0.4) is 0 Å². The quantitative estimate of drug-likeness (QED) is 0.927. The fourth-order valence-corrected chi connectivity index (χ4v) is 2.81. The number of halogens is 1. The van der Waals surface area contributed by atoms with Gasteiger partial charge in [-0.25, -0.2) is 4.39 Å². The fraction of sp³-hybridized carbons (Fsp3) is 0.562. The summed E-state index contributed by atoms with van der Waals surface area (Å²) >= 11 is 0. The second-order valence-electron chi connectivity index (χ2n) is 5.67. The average molecular weight is 294 g/mol. The van der Waals surface area contributed by atoms with Crippen LogP contribution in [0.5, 0.6) is 5.75 Å². The second kappa shape index (κ2) is 6.89. The molecule has 0 saturated carbocycles. The molecule has 3 atom stereocenters. The Morgan fingerprint density at radius 3 is 2.86 bits per heavy atom. The van der Waals surface area contributed by atoms with E-state index < -0.39 is 6.10 Å². The Kier molecular flexibility index (Phi) is 5.17. The maximum absolute atomic E-state index is 13.1. The van der Waals surface area contributed by atoms with Crippen molar-refractivity contribution in [1.29, 1.82) is 0 Å². The molecule has 0 bridgehead atoms. The monoisotopic (exact) mass is 294 g/mol. The summed E-state index contributed by atoms with van der Waals surface area (Å²) in [5.41, 5.74) is 5.98. The first kappa shape index (κ1) is 15.8. The number of rotatable bonds is 4. The highest BCUT2D eigenvalue weighted by Gasteiger charge is 2.32. The lowest BCUT2D eigenvalue weighted by molar-refractivity contribution is -0.142. The largest absolute Gasteiger partial charge is 0.481 e. The molecule has 1 aliphatic heterocycles. The fourth-order valence-electron chi connectivity index (χ4n) is 2.81. The third-order valence-corrected chi connectivity index (χ3v) is 3.90. The van der Waals surface area contributed by atoms with Crippen molar-refractivity contribution in [2.45, 2.75) is 51.3 Å². The van der Waals surface area contributed by atoms with Gasteiger partial charge >= 0.3 is 0 Å². The summed E-state index contributed by atoms with van der Waals surface area (Å²) in [7, 11) is 0. The van der Waals surface area contributed by atoms with Crippen LogP contribution in [-0.2, 0) is 4.79 Å². The molecule has 116 valence electrons. The maximum Gasteiger partial charge on any atom is 0.263 e. The molecular formula is C16H23FN2O2. The number of likely N-dealkylation sites (tertiary alicyclic amines) is 1. The number of nitrogens with two attached hydrogens (primary N) is 1. The summed E-state index contributed by atoms with van der Waals surface area (Å²) in [4.78, 5) is 14.4. The van der Waals surface area contributed by atoms with Gasteiger partial charge in [-0.15, -0.1) is 0 Å². The molecule has 0 radical (unpaired) electrons. The summed E-state index contributed by atoms with van der Waals surface area (Å²) in [6.45, 7) is 4.33. The molecule has 1 heterocycles. The summed E-state index contributed by atoms with van der Waals surface area (Å²) in [6, 6.07) is 5.83. The third-order valence-electron chi connectivity index (χ3n) is 3.90. The van der Waals surface area contributed by atoms with E-state index >= 15 is 0 Å². The van der Waals surface area contributed by atoms with Crippen LogP contribution < -0.4 is 10.5 Å². The Morgan fingerprint density at radius 1 is 1.43 bits per heavy atom. The topological polar surface area (TPSA) is 55.6 Å². The van der Waals surface area contributed by atoms with Gasteiger partial charge in [-0.1, -0.05) is 6.07 Å². The van der Waals surface area contributed by atoms with Gasteiger partial charge in [-0.05, 0) is 45.2 Å². The normalized spacial score (nSPS) is 21.7. The highest BCUT2D eigenvalue weighted by atomic mass is 19.1. The van der Waals surface area contributed by atoms with Crippen LogP contribution in [0, 0.1) is 5.82 Å². The summed E-state index contributed by atoms with van der Waals surface area (Å²) in [6.07, 6.45) is 2.36. The summed E-state index contributed by atoms with van der Waals surface area (Å²) < 4.78 is 18.7. The Labute approximate surface area is 125 Å². The van der Waals surface area contributed by atoms with Gasteiger partial charge in [-0.3, -0.25) is 4.79 Å². The zero-order valence-electron chi connectivity index (χ0n) is 12.6. The molecular weight excluding hydrogens is 271 g/mol. The Bertz CT molecular complexity index is 493. The predicted molar refractivity (Wildman–Crippen MR) is 79.5 cm³/mol. The minimum Gasteiger partial charge on any atom is -0.481 e. The molecule has 0 aliphatic carbocycles. The smallest absolute Gasteiger partial charge is 0.263 e. The van der Waals surface area contributed by atoms with Crippen molar-refractivity contribution in [2.24, 2.45) is 5.73 Å². The molecule has 1 aromatic rings. The lowest BCUT2D eigenvalue weighted by Gasteiger charge is -2.39. The van der Waals surface area contributed by atoms with Gasteiger partial charge in [0, 0.05) is 24.7 Å². The van der Waals surface area contributed by atoms with Gasteiger partial charge in [0.2, 0.25) is 0 Å². The average Bonchev–Trinajstić information content (AvgIpc) is 2.46. The highest BCUT2D eigenvalue weighted by molar-refractivity contribution is 5.81. The van der Waals surface area contributed by atoms with Gasteiger partial charge in [0.1, 0.15) is 11.6 Å². The van der Waals surface area contributed by atoms with E-state index in [-0.39, 0.29) is 23.8 Å². The number of ether oxygens (including phenoxy) is 1. The predicted octanol–water partition coefficient (Wildman–Crippen LogP) is 2.32. The van der Waals surface area contributed by atoms with E-state index in [0.717, 1.165) is 19.3 Å². The van der Waals surface area contributed by atoms with E-state index in [2.05, 4.69) is 0 Å². The number of piperidine rings is 1. The van der Waals surface area contributed by atoms with Crippen molar-refractivity contribution in [1.82, 2.24) is 4.90 Å². The minimum absolute atomic E-state index is 0.0596. The van der Waals surface area contributed by atoms with E-state index in [4.69, 9.17) is 10.5 Å². The number of amides is 1. The second-order valence-corrected chi connectivity index (χ2v) is 5.67. The first-order chi connectivity index (χ1) is 9.99. The Hall–Kier alpha value is -1.62. The lowest BCUT2D eigenvalue weighted by Crippen LogP contribution is -2.54. The van der Waals surface area contributed by atoms with Gasteiger partial charge in [0.05, 0.1) is 0 Å². The van der Waals surface area contributed by atoms with E-state index in [1.807, 2.05) is 11.8 Å². The molecule has 0 aromatic heterocycles. The standard InChI is InChI=1S/C16H23FN2O2/c1-11(18)15-8-3-4-9-19(15)16(20)12(2)21-14-7-5-6-13(17)10-14/h5-7,10-12,15H,3-4,8-9,18H2,1-2H3. The number of hydrogen-bond donors (Lipinski definition) is 1. The van der Waals surface area contributed by atoms with Crippen LogP contribution in [-0.4, -0.2) is 35.5 Å². The summed E-state index contributed by atoms with van der Waals surface area (Å²) in [5, 5.41) is 0. The maximum atomic E-state index is 13.1. The van der Waals surface area contributed by atoms with Crippen molar-refractivity contribution in [3.63, 3.8) is 0 Å². The van der Waals surface area contributed by atoms with Crippen molar-refractivity contribution >= 4 is 5.91 Å². The van der Waals surface area contributed by atoms with Crippen LogP contribution in [0.4, 0.5) is 4.39 Å². The van der Waals surface area contributed by atoms with Crippen LogP contribution in [0.25, 0.3) is 0 Å². The molecule has 2 rings (SSSR count). The molecule has 2 N–H and O–H groups in total. The van der Waals surface area contributed by atoms with E-state index in [1.54, 1.807) is 19.1 Å². The van der Waals surface area contributed by atoms with Crippen molar-refractivity contribution < 1.29 is 13.9 Å². The lowest BCUT2D eigenvalue weighted by atomic mass is 9.96. The number of carbonyl (C=O) groups is 1. The number of carbonyl (C=O) groups excluding carboxylic acids is 1. The van der Waals surface area contributed by atoms with Crippen LogP contribution >= 0.6 is 0 Å². The van der Waals surface area contributed by atoms with Gasteiger partial charge in [-0.2, -0.15) is 0 Å². The molecule has 21 heavy (non-hydrogen) atoms. The number of nitrogens with zero attached hydrogens (tertiary/aromatic N) is 1. The zero-order valence-corrected chi connectivity index (χ0v) is 12.6. The Balaban J connectivity index is 2.03. The van der Waals surface area contributed by atoms with Crippen LogP contribution in [0.15, 0.2) is 24.3 Å². The molecule has 1 aromatic carbocycles. The van der Waals surface area contributed by atoms with Gasteiger partial charge in [0.25, 0.3) is 5.91 Å². The van der Waals surface area contributed by atoms with E-state index in [0.29, 0.717) is 12.3 Å². The zero-order chi connectivity index (χ0) is 15.4. The first-order valence-electron chi connectivity index (χ1n) is 7.47. The third kappa shape index (κ3) is 3.94. The van der Waals surface area contributed by atoms with Gasteiger partial charge in [0.15, 0.2) is 6.10 Å². The molecule has 4 nitrogen and oxygen atoms in total. The molecule has 1 fully saturated rings. The molecule has 1 amide bonds. The van der Waals surface area contributed by atoms with Crippen LogP contribution in [0.2, 0.25) is 0 Å². The van der Waals surface area contributed by atoms with E-state index in [9.17, 15) is 9.18 Å². The molecule has 3 unspecified atom stereocenters. The number of benzene rings is 1. The SMILES string of the molecule is CC(Oc1cccc(F)c1)C(=O)N1CCCCC1C(C)N. The Morgan fingerprint density at radius 2 is 2.19 bits per heavy atom. The van der Waals surface area contributed by atoms with Crippen LogP contribution in [0.1, 0.15) is 33.1 Å². The van der Waals surface area contributed by atoms with Crippen molar-refractivity contribution in [2.75, 3.05) is 6.54 Å². The minimum atomic E-state index is -0.647. The molecule has 0 spiro atoms.